The van der Waals surface area contributed by atoms with Crippen LogP contribution in [0.2, 0.25) is 0 Å². The summed E-state index contributed by atoms with van der Waals surface area (Å²) in [7, 11) is 0. The van der Waals surface area contributed by atoms with Gasteiger partial charge in [0.1, 0.15) is 5.60 Å². The van der Waals surface area contributed by atoms with Crippen LogP contribution in [0, 0.1) is 0 Å². The zero-order valence-electron chi connectivity index (χ0n) is 9.03. The van der Waals surface area contributed by atoms with Gasteiger partial charge in [-0.1, -0.05) is 18.2 Å². The summed E-state index contributed by atoms with van der Waals surface area (Å²) < 4.78 is 5.55. The third-order valence-corrected chi connectivity index (χ3v) is 3.01. The van der Waals surface area contributed by atoms with Gasteiger partial charge in [0.2, 0.25) is 0 Å². The molecule has 0 N–H and O–H groups in total. The van der Waals surface area contributed by atoms with Gasteiger partial charge < -0.3 is 4.74 Å². The third kappa shape index (κ3) is 2.38. The average Bonchev–Trinajstić information content (AvgIpc) is 2.66. The Morgan fingerprint density at radius 3 is 2.40 bits per heavy atom. The molecule has 0 atom stereocenters. The van der Waals surface area contributed by atoms with Gasteiger partial charge in [-0.05, 0) is 44.7 Å². The molecule has 0 amide bonds. The van der Waals surface area contributed by atoms with Crippen molar-refractivity contribution in [2.75, 3.05) is 0 Å². The highest BCUT2D eigenvalue weighted by Crippen LogP contribution is 2.33. The lowest BCUT2D eigenvalue weighted by Gasteiger charge is -2.23. The fourth-order valence-electron chi connectivity index (χ4n) is 2.08. The molecule has 15 heavy (non-hydrogen) atoms. The summed E-state index contributed by atoms with van der Waals surface area (Å²) in [6.45, 7) is 2.03. The summed E-state index contributed by atoms with van der Waals surface area (Å²) in [5.41, 5.74) is 0.415. The van der Waals surface area contributed by atoms with Gasteiger partial charge in [-0.3, -0.25) is 0 Å². The topological polar surface area (TPSA) is 26.3 Å². The van der Waals surface area contributed by atoms with Crippen LogP contribution in [-0.4, -0.2) is 11.6 Å². The van der Waals surface area contributed by atoms with Crippen LogP contribution >= 0.6 is 0 Å². The second-order valence-corrected chi connectivity index (χ2v) is 4.41. The number of esters is 1. The molecule has 2 rings (SSSR count). The Labute approximate surface area is 90.3 Å². The number of carbonyl (C=O) groups is 1. The fraction of sp³-hybridized carbons (Fsp3) is 0.462. The van der Waals surface area contributed by atoms with Crippen molar-refractivity contribution >= 4 is 5.97 Å². The first-order chi connectivity index (χ1) is 7.20. The van der Waals surface area contributed by atoms with Gasteiger partial charge in [-0.15, -0.1) is 0 Å². The molecule has 80 valence electrons. The average molecular weight is 204 g/mol. The monoisotopic (exact) mass is 204 g/mol. The molecule has 0 spiro atoms. The normalized spacial score (nSPS) is 18.7. The van der Waals surface area contributed by atoms with Crippen molar-refractivity contribution in [1.82, 2.24) is 0 Å². The fourth-order valence-corrected chi connectivity index (χ4v) is 2.08. The molecular formula is C13H16O2. The molecule has 1 aromatic carbocycles. The Morgan fingerprint density at radius 1 is 1.20 bits per heavy atom. The van der Waals surface area contributed by atoms with Crippen molar-refractivity contribution in [1.29, 1.82) is 0 Å². The van der Waals surface area contributed by atoms with E-state index in [2.05, 4.69) is 0 Å². The maximum atomic E-state index is 11.8. The lowest BCUT2D eigenvalue weighted by Crippen LogP contribution is -2.28. The maximum Gasteiger partial charge on any atom is 0.338 e. The Hall–Kier alpha value is -1.31. The zero-order chi connectivity index (χ0) is 10.7. The lowest BCUT2D eigenvalue weighted by molar-refractivity contribution is -0.00608. The summed E-state index contributed by atoms with van der Waals surface area (Å²) in [6.07, 6.45) is 4.31. The van der Waals surface area contributed by atoms with Crippen LogP contribution in [0.3, 0.4) is 0 Å². The van der Waals surface area contributed by atoms with Gasteiger partial charge in [0.05, 0.1) is 5.56 Å². The molecule has 2 heteroatoms. The molecule has 0 unspecified atom stereocenters. The van der Waals surface area contributed by atoms with Crippen LogP contribution in [0.4, 0.5) is 0 Å². The van der Waals surface area contributed by atoms with E-state index < -0.39 is 0 Å². The molecule has 1 saturated carbocycles. The van der Waals surface area contributed by atoms with E-state index in [0.29, 0.717) is 5.56 Å². The Morgan fingerprint density at radius 2 is 1.80 bits per heavy atom. The molecule has 2 nitrogen and oxygen atoms in total. The third-order valence-electron chi connectivity index (χ3n) is 3.01. The molecule has 0 saturated heterocycles. The SMILES string of the molecule is CC1(OC(=O)c2ccccc2)CCCC1. The molecule has 0 bridgehead atoms. The van der Waals surface area contributed by atoms with E-state index in [1.165, 1.54) is 12.8 Å². The van der Waals surface area contributed by atoms with Crippen molar-refractivity contribution < 1.29 is 9.53 Å². The minimum Gasteiger partial charge on any atom is -0.456 e. The first-order valence-electron chi connectivity index (χ1n) is 5.48. The Bertz CT molecular complexity index is 337. The Balaban J connectivity index is 2.04. The number of hydrogen-bond donors (Lipinski definition) is 0. The molecule has 0 heterocycles. The number of carbonyl (C=O) groups excluding carboxylic acids is 1. The van der Waals surface area contributed by atoms with Gasteiger partial charge in [-0.2, -0.15) is 0 Å². The minimum absolute atomic E-state index is 0.194. The van der Waals surface area contributed by atoms with E-state index in [1.54, 1.807) is 12.1 Å². The standard InChI is InChI=1S/C13H16O2/c1-13(9-5-6-10-13)15-12(14)11-7-3-2-4-8-11/h2-4,7-8H,5-6,9-10H2,1H3. The van der Waals surface area contributed by atoms with Crippen molar-refractivity contribution in [3.05, 3.63) is 35.9 Å². The van der Waals surface area contributed by atoms with Gasteiger partial charge in [0, 0.05) is 0 Å². The van der Waals surface area contributed by atoms with Gasteiger partial charge in [0.25, 0.3) is 0 Å². The molecule has 1 aliphatic carbocycles. The molecule has 0 radical (unpaired) electrons. The quantitative estimate of drug-likeness (QED) is 0.691. The lowest BCUT2D eigenvalue weighted by atomic mass is 10.1. The van der Waals surface area contributed by atoms with Crippen LogP contribution in [0.5, 0.6) is 0 Å². The number of rotatable bonds is 2. The summed E-state index contributed by atoms with van der Waals surface area (Å²) in [5.74, 6) is -0.194. The largest absolute Gasteiger partial charge is 0.456 e. The van der Waals surface area contributed by atoms with E-state index in [0.717, 1.165) is 12.8 Å². The first-order valence-corrected chi connectivity index (χ1v) is 5.48. The van der Waals surface area contributed by atoms with E-state index in [4.69, 9.17) is 4.74 Å². The molecule has 0 aliphatic heterocycles. The summed E-state index contributed by atoms with van der Waals surface area (Å²) >= 11 is 0. The highest BCUT2D eigenvalue weighted by molar-refractivity contribution is 5.89. The number of benzene rings is 1. The van der Waals surface area contributed by atoms with E-state index >= 15 is 0 Å². The molecular weight excluding hydrogens is 188 g/mol. The molecule has 1 aromatic rings. The second-order valence-electron chi connectivity index (χ2n) is 4.41. The van der Waals surface area contributed by atoms with Crippen LogP contribution < -0.4 is 0 Å². The summed E-state index contributed by atoms with van der Waals surface area (Å²) in [5, 5.41) is 0. The number of ether oxygens (including phenoxy) is 1. The highest BCUT2D eigenvalue weighted by atomic mass is 16.6. The molecule has 1 aliphatic rings. The van der Waals surface area contributed by atoms with Gasteiger partial charge in [0.15, 0.2) is 0 Å². The second kappa shape index (κ2) is 4.05. The van der Waals surface area contributed by atoms with E-state index in [1.807, 2.05) is 25.1 Å². The van der Waals surface area contributed by atoms with E-state index in [9.17, 15) is 4.79 Å². The van der Waals surface area contributed by atoms with Gasteiger partial charge in [-0.25, -0.2) is 4.79 Å². The Kier molecular flexibility index (Phi) is 2.76. The van der Waals surface area contributed by atoms with Gasteiger partial charge >= 0.3 is 5.97 Å². The van der Waals surface area contributed by atoms with Crippen LogP contribution in [0.15, 0.2) is 30.3 Å². The summed E-state index contributed by atoms with van der Waals surface area (Å²) in [4.78, 5) is 11.8. The van der Waals surface area contributed by atoms with Crippen molar-refractivity contribution in [2.45, 2.75) is 38.2 Å². The zero-order valence-corrected chi connectivity index (χ0v) is 9.03. The van der Waals surface area contributed by atoms with Crippen LogP contribution in [0.25, 0.3) is 0 Å². The first kappa shape index (κ1) is 10.2. The van der Waals surface area contributed by atoms with Crippen molar-refractivity contribution in [2.24, 2.45) is 0 Å². The predicted octanol–water partition coefficient (Wildman–Crippen LogP) is 3.18. The smallest absolute Gasteiger partial charge is 0.338 e. The van der Waals surface area contributed by atoms with Crippen molar-refractivity contribution in [3.63, 3.8) is 0 Å². The van der Waals surface area contributed by atoms with Crippen LogP contribution in [0.1, 0.15) is 43.0 Å². The minimum atomic E-state index is -0.229. The van der Waals surface area contributed by atoms with Crippen molar-refractivity contribution in [3.8, 4) is 0 Å². The number of hydrogen-bond acceptors (Lipinski definition) is 2. The maximum absolute atomic E-state index is 11.8. The summed E-state index contributed by atoms with van der Waals surface area (Å²) in [6, 6.07) is 9.19. The highest BCUT2D eigenvalue weighted by Gasteiger charge is 2.32. The predicted molar refractivity (Wildman–Crippen MR) is 58.7 cm³/mol. The molecule has 0 aromatic heterocycles. The van der Waals surface area contributed by atoms with Crippen LogP contribution in [-0.2, 0) is 4.74 Å². The molecule has 1 fully saturated rings. The van der Waals surface area contributed by atoms with E-state index in [-0.39, 0.29) is 11.6 Å².